The first-order valence-electron chi connectivity index (χ1n) is 5.84. The number of aryl methyl sites for hydroxylation is 1. The van der Waals surface area contributed by atoms with Gasteiger partial charge in [0.25, 0.3) is 0 Å². The molecule has 0 N–H and O–H groups in total. The predicted octanol–water partition coefficient (Wildman–Crippen LogP) is 2.52. The van der Waals surface area contributed by atoms with Crippen molar-refractivity contribution in [3.63, 3.8) is 0 Å². The summed E-state index contributed by atoms with van der Waals surface area (Å²) in [7, 11) is 0. The molecule has 1 aliphatic carbocycles. The number of rotatable bonds is 2. The van der Waals surface area contributed by atoms with E-state index in [0.717, 1.165) is 38.1 Å². The van der Waals surface area contributed by atoms with E-state index in [4.69, 9.17) is 0 Å². The summed E-state index contributed by atoms with van der Waals surface area (Å²) in [4.78, 5) is 15.9. The van der Waals surface area contributed by atoms with Crippen molar-refractivity contribution in [1.82, 2.24) is 9.55 Å². The highest BCUT2D eigenvalue weighted by Crippen LogP contribution is 2.28. The lowest BCUT2D eigenvalue weighted by Gasteiger charge is -2.14. The molecule has 15 heavy (non-hydrogen) atoms. The number of ketones is 1. The molecule has 0 radical (unpaired) electrons. The molecule has 0 amide bonds. The third kappa shape index (κ3) is 2.28. The number of hydrogen-bond donors (Lipinski definition) is 0. The molecular formula is C12H18N2O. The number of carbonyl (C=O) groups excluding carboxylic acids is 1. The Morgan fingerprint density at radius 3 is 3.20 bits per heavy atom. The third-order valence-electron chi connectivity index (χ3n) is 3.19. The third-order valence-corrected chi connectivity index (χ3v) is 3.19. The molecule has 1 aromatic rings. The fourth-order valence-electron chi connectivity index (χ4n) is 2.36. The number of aromatic nitrogens is 2. The zero-order chi connectivity index (χ0) is 10.7. The highest BCUT2D eigenvalue weighted by molar-refractivity contribution is 5.79. The Labute approximate surface area is 90.5 Å². The van der Waals surface area contributed by atoms with Crippen LogP contribution in [0.2, 0.25) is 0 Å². The summed E-state index contributed by atoms with van der Waals surface area (Å²) in [5.74, 6) is 1.87. The Hall–Kier alpha value is -1.12. The second-order valence-corrected chi connectivity index (χ2v) is 4.26. The summed E-state index contributed by atoms with van der Waals surface area (Å²) < 4.78 is 2.16. The SMILES string of the molecule is CCn1ccnc1C1CCCCC(=O)C1. The van der Waals surface area contributed by atoms with Crippen LogP contribution in [0.25, 0.3) is 0 Å². The minimum atomic E-state index is 0.356. The Morgan fingerprint density at radius 1 is 1.53 bits per heavy atom. The molecular weight excluding hydrogens is 188 g/mol. The Morgan fingerprint density at radius 2 is 2.40 bits per heavy atom. The van der Waals surface area contributed by atoms with Crippen molar-refractivity contribution in [2.75, 3.05) is 0 Å². The molecule has 1 aromatic heterocycles. The zero-order valence-electron chi connectivity index (χ0n) is 9.28. The first-order chi connectivity index (χ1) is 7.31. The fraction of sp³-hybridized carbons (Fsp3) is 0.667. The van der Waals surface area contributed by atoms with Gasteiger partial charge in [0, 0.05) is 37.7 Å². The fourth-order valence-corrected chi connectivity index (χ4v) is 2.36. The van der Waals surface area contributed by atoms with Crippen LogP contribution in [0.3, 0.4) is 0 Å². The van der Waals surface area contributed by atoms with Gasteiger partial charge in [-0.25, -0.2) is 4.98 Å². The Bertz CT molecular complexity index is 343. The van der Waals surface area contributed by atoms with Crippen LogP contribution < -0.4 is 0 Å². The number of hydrogen-bond acceptors (Lipinski definition) is 2. The summed E-state index contributed by atoms with van der Waals surface area (Å²) in [6.45, 7) is 3.06. The summed E-state index contributed by atoms with van der Waals surface area (Å²) in [5, 5.41) is 0. The molecule has 1 heterocycles. The van der Waals surface area contributed by atoms with Gasteiger partial charge in [-0.15, -0.1) is 0 Å². The second kappa shape index (κ2) is 4.60. The van der Waals surface area contributed by atoms with Gasteiger partial charge in [-0.05, 0) is 19.8 Å². The van der Waals surface area contributed by atoms with E-state index < -0.39 is 0 Å². The van der Waals surface area contributed by atoms with Gasteiger partial charge < -0.3 is 4.57 Å². The largest absolute Gasteiger partial charge is 0.335 e. The monoisotopic (exact) mass is 206 g/mol. The van der Waals surface area contributed by atoms with Crippen molar-refractivity contribution in [1.29, 1.82) is 0 Å². The molecule has 1 atom stereocenters. The molecule has 0 saturated heterocycles. The van der Waals surface area contributed by atoms with E-state index in [1.807, 2.05) is 12.4 Å². The van der Waals surface area contributed by atoms with Gasteiger partial charge >= 0.3 is 0 Å². The molecule has 1 saturated carbocycles. The predicted molar refractivity (Wildman–Crippen MR) is 58.7 cm³/mol. The van der Waals surface area contributed by atoms with Gasteiger partial charge in [0.05, 0.1) is 0 Å². The lowest BCUT2D eigenvalue weighted by molar-refractivity contribution is -0.119. The van der Waals surface area contributed by atoms with Crippen molar-refractivity contribution in [2.24, 2.45) is 0 Å². The average Bonchev–Trinajstić information content (AvgIpc) is 2.61. The maximum Gasteiger partial charge on any atom is 0.133 e. The van der Waals surface area contributed by atoms with Crippen LogP contribution in [0.4, 0.5) is 0 Å². The molecule has 1 unspecified atom stereocenters. The van der Waals surface area contributed by atoms with Gasteiger partial charge in [0.2, 0.25) is 0 Å². The summed E-state index contributed by atoms with van der Waals surface area (Å²) >= 11 is 0. The molecule has 0 aromatic carbocycles. The topological polar surface area (TPSA) is 34.9 Å². The van der Waals surface area contributed by atoms with Crippen LogP contribution in [0, 0.1) is 0 Å². The minimum Gasteiger partial charge on any atom is -0.335 e. The first kappa shape index (κ1) is 10.4. The number of carbonyl (C=O) groups is 1. The highest BCUT2D eigenvalue weighted by Gasteiger charge is 2.22. The van der Waals surface area contributed by atoms with Crippen molar-refractivity contribution >= 4 is 5.78 Å². The molecule has 82 valence electrons. The van der Waals surface area contributed by atoms with Crippen LogP contribution in [0.1, 0.15) is 50.8 Å². The Balaban J connectivity index is 2.17. The van der Waals surface area contributed by atoms with Crippen LogP contribution in [0.15, 0.2) is 12.4 Å². The Kier molecular flexibility index (Phi) is 3.19. The van der Waals surface area contributed by atoms with Crippen LogP contribution >= 0.6 is 0 Å². The van der Waals surface area contributed by atoms with E-state index in [1.54, 1.807) is 0 Å². The van der Waals surface area contributed by atoms with Gasteiger partial charge in [-0.1, -0.05) is 6.42 Å². The minimum absolute atomic E-state index is 0.356. The van der Waals surface area contributed by atoms with Crippen molar-refractivity contribution in [2.45, 2.75) is 51.5 Å². The summed E-state index contributed by atoms with van der Waals surface area (Å²) in [5.41, 5.74) is 0. The first-order valence-corrected chi connectivity index (χ1v) is 5.84. The molecule has 0 spiro atoms. The lowest BCUT2D eigenvalue weighted by atomic mass is 9.99. The molecule has 1 aliphatic rings. The normalized spacial score (nSPS) is 22.7. The molecule has 1 fully saturated rings. The summed E-state index contributed by atoms with van der Waals surface area (Å²) in [6.07, 6.45) is 8.64. The van der Waals surface area contributed by atoms with Crippen LogP contribution in [0.5, 0.6) is 0 Å². The smallest absolute Gasteiger partial charge is 0.133 e. The van der Waals surface area contributed by atoms with Crippen molar-refractivity contribution in [3.05, 3.63) is 18.2 Å². The number of nitrogens with zero attached hydrogens (tertiary/aromatic N) is 2. The van der Waals surface area contributed by atoms with E-state index in [1.165, 1.54) is 0 Å². The molecule has 2 rings (SSSR count). The number of imidazole rings is 1. The summed E-state index contributed by atoms with van der Waals surface area (Å²) in [6, 6.07) is 0. The van der Waals surface area contributed by atoms with Gasteiger partial charge in [0.15, 0.2) is 0 Å². The van der Waals surface area contributed by atoms with E-state index in [0.29, 0.717) is 18.1 Å². The zero-order valence-corrected chi connectivity index (χ0v) is 9.28. The number of Topliss-reactive ketones (excluding diaryl/α,β-unsaturated/α-hetero) is 1. The van der Waals surface area contributed by atoms with Crippen LogP contribution in [-0.4, -0.2) is 15.3 Å². The van der Waals surface area contributed by atoms with Gasteiger partial charge in [-0.2, -0.15) is 0 Å². The molecule has 0 bridgehead atoms. The van der Waals surface area contributed by atoms with Crippen molar-refractivity contribution in [3.8, 4) is 0 Å². The highest BCUT2D eigenvalue weighted by atomic mass is 16.1. The van der Waals surface area contributed by atoms with Crippen LogP contribution in [-0.2, 0) is 11.3 Å². The molecule has 0 aliphatic heterocycles. The maximum absolute atomic E-state index is 11.6. The average molecular weight is 206 g/mol. The van der Waals surface area contributed by atoms with E-state index >= 15 is 0 Å². The van der Waals surface area contributed by atoms with E-state index in [9.17, 15) is 4.79 Å². The molecule has 3 nitrogen and oxygen atoms in total. The van der Waals surface area contributed by atoms with E-state index in [2.05, 4.69) is 16.5 Å². The van der Waals surface area contributed by atoms with Crippen molar-refractivity contribution < 1.29 is 4.79 Å². The van der Waals surface area contributed by atoms with Gasteiger partial charge in [-0.3, -0.25) is 4.79 Å². The second-order valence-electron chi connectivity index (χ2n) is 4.26. The lowest BCUT2D eigenvalue weighted by Crippen LogP contribution is -2.10. The molecule has 3 heteroatoms. The maximum atomic E-state index is 11.6. The van der Waals surface area contributed by atoms with Gasteiger partial charge in [0.1, 0.15) is 11.6 Å². The standard InChI is InChI=1S/C12H18N2O/c1-2-14-8-7-13-12(14)10-5-3-4-6-11(15)9-10/h7-8,10H,2-6,9H2,1H3. The van der Waals surface area contributed by atoms with E-state index in [-0.39, 0.29) is 0 Å². The quantitative estimate of drug-likeness (QED) is 0.697.